The minimum Gasteiger partial charge on any atom is -0.381 e. The molecule has 0 bridgehead atoms. The van der Waals surface area contributed by atoms with E-state index in [1.807, 2.05) is 0 Å². The Bertz CT molecular complexity index is 463. The standard InChI is InChI=1S/C12H16N2O3/c15-12-9-7-17-5-3-10(9)13-11(14-12)8-2-1-4-16-6-8/h8H,1-7H2,(H,13,14,15). The van der Waals surface area contributed by atoms with E-state index < -0.39 is 0 Å². The average Bonchev–Trinajstić information content (AvgIpc) is 2.40. The van der Waals surface area contributed by atoms with Crippen LogP contribution in [0.15, 0.2) is 4.79 Å². The lowest BCUT2D eigenvalue weighted by molar-refractivity contribution is 0.0772. The van der Waals surface area contributed by atoms with Crippen molar-refractivity contribution in [3.8, 4) is 0 Å². The van der Waals surface area contributed by atoms with Crippen LogP contribution in [-0.4, -0.2) is 29.8 Å². The fourth-order valence-electron chi connectivity index (χ4n) is 2.41. The highest BCUT2D eigenvalue weighted by Gasteiger charge is 2.22. The van der Waals surface area contributed by atoms with Crippen molar-refractivity contribution in [2.24, 2.45) is 0 Å². The normalized spacial score (nSPS) is 24.4. The van der Waals surface area contributed by atoms with Gasteiger partial charge in [-0.25, -0.2) is 4.98 Å². The minimum atomic E-state index is -0.0460. The molecule has 92 valence electrons. The summed E-state index contributed by atoms with van der Waals surface area (Å²) in [4.78, 5) is 19.4. The van der Waals surface area contributed by atoms with Gasteiger partial charge in [-0.2, -0.15) is 0 Å². The SMILES string of the molecule is O=c1[nH]c(C2CCCOC2)nc2c1COCC2. The van der Waals surface area contributed by atoms with E-state index in [1.54, 1.807) is 0 Å². The second-order valence-corrected chi connectivity index (χ2v) is 4.59. The molecule has 1 unspecified atom stereocenters. The van der Waals surface area contributed by atoms with Crippen molar-refractivity contribution >= 4 is 0 Å². The first-order chi connectivity index (χ1) is 8.34. The molecule has 2 aliphatic rings. The summed E-state index contributed by atoms with van der Waals surface area (Å²) in [5, 5.41) is 0. The molecule has 1 N–H and O–H groups in total. The third-order valence-corrected chi connectivity index (χ3v) is 3.40. The van der Waals surface area contributed by atoms with E-state index in [-0.39, 0.29) is 11.5 Å². The van der Waals surface area contributed by atoms with E-state index in [1.165, 1.54) is 0 Å². The number of hydrogen-bond donors (Lipinski definition) is 1. The molecule has 3 heterocycles. The van der Waals surface area contributed by atoms with Crippen LogP contribution in [-0.2, 0) is 22.5 Å². The molecule has 17 heavy (non-hydrogen) atoms. The van der Waals surface area contributed by atoms with E-state index in [9.17, 15) is 4.79 Å². The molecule has 0 radical (unpaired) electrons. The summed E-state index contributed by atoms with van der Waals surface area (Å²) < 4.78 is 10.7. The van der Waals surface area contributed by atoms with Crippen molar-refractivity contribution in [3.63, 3.8) is 0 Å². The third-order valence-electron chi connectivity index (χ3n) is 3.40. The predicted molar refractivity (Wildman–Crippen MR) is 61.0 cm³/mol. The number of aromatic amines is 1. The van der Waals surface area contributed by atoms with Crippen LogP contribution < -0.4 is 5.56 Å². The molecule has 1 fully saturated rings. The molecule has 1 saturated heterocycles. The van der Waals surface area contributed by atoms with Gasteiger partial charge in [-0.1, -0.05) is 0 Å². The van der Waals surface area contributed by atoms with Gasteiger partial charge in [0.2, 0.25) is 0 Å². The van der Waals surface area contributed by atoms with Crippen LogP contribution in [0.2, 0.25) is 0 Å². The molecule has 1 aromatic heterocycles. The van der Waals surface area contributed by atoms with Crippen molar-refractivity contribution in [3.05, 3.63) is 27.4 Å². The number of nitrogens with one attached hydrogen (secondary N) is 1. The van der Waals surface area contributed by atoms with Crippen molar-refractivity contribution in [2.45, 2.75) is 31.8 Å². The number of nitrogens with zero attached hydrogens (tertiary/aromatic N) is 1. The lowest BCUT2D eigenvalue weighted by atomic mass is 10.0. The molecule has 0 spiro atoms. The number of fused-ring (bicyclic) bond motifs is 1. The van der Waals surface area contributed by atoms with Gasteiger partial charge in [-0.15, -0.1) is 0 Å². The van der Waals surface area contributed by atoms with E-state index in [0.29, 0.717) is 25.4 Å². The zero-order chi connectivity index (χ0) is 11.7. The lowest BCUT2D eigenvalue weighted by Crippen LogP contribution is -2.28. The highest BCUT2D eigenvalue weighted by Crippen LogP contribution is 2.23. The second kappa shape index (κ2) is 4.58. The summed E-state index contributed by atoms with van der Waals surface area (Å²) in [7, 11) is 0. The fourth-order valence-corrected chi connectivity index (χ4v) is 2.41. The molecule has 2 aliphatic heterocycles. The topological polar surface area (TPSA) is 64.2 Å². The summed E-state index contributed by atoms with van der Waals surface area (Å²) >= 11 is 0. The van der Waals surface area contributed by atoms with Gasteiger partial charge in [-0.3, -0.25) is 4.79 Å². The van der Waals surface area contributed by atoms with Crippen LogP contribution in [0.5, 0.6) is 0 Å². The van der Waals surface area contributed by atoms with Crippen LogP contribution in [0.25, 0.3) is 0 Å². The first-order valence-electron chi connectivity index (χ1n) is 6.12. The first-order valence-corrected chi connectivity index (χ1v) is 6.12. The Kier molecular flexibility index (Phi) is 2.94. The third kappa shape index (κ3) is 2.12. The van der Waals surface area contributed by atoms with E-state index in [2.05, 4.69) is 9.97 Å². The van der Waals surface area contributed by atoms with Gasteiger partial charge in [0.1, 0.15) is 5.82 Å². The molecule has 1 atom stereocenters. The van der Waals surface area contributed by atoms with Gasteiger partial charge >= 0.3 is 0 Å². The summed E-state index contributed by atoms with van der Waals surface area (Å²) in [6, 6.07) is 0. The Balaban J connectivity index is 1.95. The smallest absolute Gasteiger partial charge is 0.256 e. The predicted octanol–water partition coefficient (Wildman–Crippen LogP) is 0.737. The van der Waals surface area contributed by atoms with E-state index >= 15 is 0 Å². The zero-order valence-electron chi connectivity index (χ0n) is 9.70. The number of rotatable bonds is 1. The number of H-pyrrole nitrogens is 1. The molecule has 0 aliphatic carbocycles. The monoisotopic (exact) mass is 236 g/mol. The van der Waals surface area contributed by atoms with Gasteiger partial charge < -0.3 is 14.5 Å². The Morgan fingerprint density at radius 1 is 1.29 bits per heavy atom. The number of aromatic nitrogens is 2. The molecule has 3 rings (SSSR count). The Hall–Kier alpha value is -1.20. The fraction of sp³-hybridized carbons (Fsp3) is 0.667. The second-order valence-electron chi connectivity index (χ2n) is 4.59. The Labute approximate surface area is 99.2 Å². The summed E-state index contributed by atoms with van der Waals surface area (Å²) in [5.41, 5.74) is 1.55. The molecule has 1 aromatic rings. The summed E-state index contributed by atoms with van der Waals surface area (Å²) in [5.74, 6) is 1.03. The minimum absolute atomic E-state index is 0.0460. The number of hydrogen-bond acceptors (Lipinski definition) is 4. The Morgan fingerprint density at radius 3 is 3.06 bits per heavy atom. The molecule has 5 nitrogen and oxygen atoms in total. The van der Waals surface area contributed by atoms with Gasteiger partial charge in [0.05, 0.1) is 31.1 Å². The molecular formula is C12H16N2O3. The summed E-state index contributed by atoms with van der Waals surface area (Å²) in [6.45, 7) is 2.53. The van der Waals surface area contributed by atoms with Crippen LogP contribution in [0, 0.1) is 0 Å². The van der Waals surface area contributed by atoms with Gasteiger partial charge in [0, 0.05) is 18.9 Å². The highest BCUT2D eigenvalue weighted by molar-refractivity contribution is 5.20. The zero-order valence-corrected chi connectivity index (χ0v) is 9.70. The molecule has 0 aromatic carbocycles. The van der Waals surface area contributed by atoms with E-state index in [4.69, 9.17) is 9.47 Å². The van der Waals surface area contributed by atoms with Crippen molar-refractivity contribution in [1.29, 1.82) is 0 Å². The molecule has 0 saturated carbocycles. The highest BCUT2D eigenvalue weighted by atomic mass is 16.5. The maximum absolute atomic E-state index is 11.9. The van der Waals surface area contributed by atoms with Gasteiger partial charge in [0.15, 0.2) is 0 Å². The van der Waals surface area contributed by atoms with Crippen LogP contribution in [0.4, 0.5) is 0 Å². The quantitative estimate of drug-likeness (QED) is 0.781. The largest absolute Gasteiger partial charge is 0.381 e. The maximum Gasteiger partial charge on any atom is 0.256 e. The molecular weight excluding hydrogens is 220 g/mol. The Morgan fingerprint density at radius 2 is 2.24 bits per heavy atom. The van der Waals surface area contributed by atoms with E-state index in [0.717, 1.165) is 37.4 Å². The van der Waals surface area contributed by atoms with Crippen LogP contribution in [0.3, 0.4) is 0 Å². The maximum atomic E-state index is 11.9. The average molecular weight is 236 g/mol. The van der Waals surface area contributed by atoms with Crippen LogP contribution >= 0.6 is 0 Å². The van der Waals surface area contributed by atoms with Crippen molar-refractivity contribution in [2.75, 3.05) is 19.8 Å². The van der Waals surface area contributed by atoms with Crippen LogP contribution in [0.1, 0.15) is 35.8 Å². The van der Waals surface area contributed by atoms with Crippen molar-refractivity contribution in [1.82, 2.24) is 9.97 Å². The van der Waals surface area contributed by atoms with Gasteiger partial charge in [-0.05, 0) is 12.8 Å². The lowest BCUT2D eigenvalue weighted by Gasteiger charge is -2.23. The molecule has 0 amide bonds. The van der Waals surface area contributed by atoms with Gasteiger partial charge in [0.25, 0.3) is 5.56 Å². The molecule has 5 heteroatoms. The first kappa shape index (κ1) is 10.9. The summed E-state index contributed by atoms with van der Waals surface area (Å²) in [6.07, 6.45) is 2.81. The van der Waals surface area contributed by atoms with Crippen molar-refractivity contribution < 1.29 is 9.47 Å². The number of ether oxygens (including phenoxy) is 2.